The van der Waals surface area contributed by atoms with Crippen LogP contribution in [-0.2, 0) is 9.59 Å². The molecule has 75 heavy (non-hydrogen) atoms. The molecule has 2 amide bonds. The lowest BCUT2D eigenvalue weighted by Gasteiger charge is -2.33. The van der Waals surface area contributed by atoms with Crippen molar-refractivity contribution in [3.05, 3.63) is 106 Å². The third-order valence-electron chi connectivity index (χ3n) is 14.8. The number of aromatic hydroxyl groups is 1. The van der Waals surface area contributed by atoms with Crippen LogP contribution in [0.25, 0.3) is 43.2 Å². The molecule has 4 aromatic carbocycles. The first-order chi connectivity index (χ1) is 36.2. The van der Waals surface area contributed by atoms with E-state index in [1.54, 1.807) is 29.5 Å². The lowest BCUT2D eigenvalue weighted by Crippen LogP contribution is -2.48. The second-order valence-electron chi connectivity index (χ2n) is 20.5. The lowest BCUT2D eigenvalue weighted by atomic mass is 9.91. The number of carbonyl (C=O) groups excluding carboxylic acids is 2. The van der Waals surface area contributed by atoms with Crippen LogP contribution in [0.4, 0.5) is 10.2 Å². The fourth-order valence-corrected chi connectivity index (χ4v) is 11.9. The van der Waals surface area contributed by atoms with Crippen LogP contribution in [0, 0.1) is 24.6 Å². The van der Waals surface area contributed by atoms with Crippen LogP contribution in [-0.4, -0.2) is 129 Å². The number of anilines is 1. The van der Waals surface area contributed by atoms with Gasteiger partial charge in [0.1, 0.15) is 35.1 Å². The number of β-amino-alcohol motifs (C(OH)–C–C–N with tert-alkyl or cyclic N) is 1. The number of nitrogens with one attached hydrogen (secondary N) is 2. The molecule has 19 heteroatoms. The standard InChI is InChI=1S/C56H63ClFN9O7S/c1-31(2)48(55(71)67-28-40(69)24-45(67)54(70)61-33(4)36-10-12-37(13-11-36)52-34(5)60-30-75-52)46-26-47(64-74-46)72-29-35-14-18-65(19-15-35)27-32(3)73-56-62-51-43(53(63-56)66-20-16-59-17-21-66)25-44(57)49(50(51)58)42-23-39(68)22-38-8-6-7-9-41(38)42/h6-13,22-23,25-26,30-33,35,40,45,48,59,68-69H,14-21,24,27-29H2,1-5H3,(H,61,70)/t32-,33+,40-,45+,48-/m1/s1. The molecule has 0 aliphatic carbocycles. The topological polar surface area (TPSA) is 192 Å². The van der Waals surface area contributed by atoms with Crippen molar-refractivity contribution in [2.45, 2.75) is 84.1 Å². The monoisotopic (exact) mass is 1060 g/mol. The molecule has 6 heterocycles. The zero-order valence-electron chi connectivity index (χ0n) is 42.8. The van der Waals surface area contributed by atoms with Crippen molar-refractivity contribution in [2.24, 2.45) is 11.8 Å². The predicted octanol–water partition coefficient (Wildman–Crippen LogP) is 8.91. The van der Waals surface area contributed by atoms with Crippen LogP contribution in [0.5, 0.6) is 17.6 Å². The molecule has 10 rings (SSSR count). The maximum absolute atomic E-state index is 17.0. The van der Waals surface area contributed by atoms with Crippen molar-refractivity contribution in [1.29, 1.82) is 0 Å². The van der Waals surface area contributed by atoms with E-state index < -0.39 is 23.9 Å². The lowest BCUT2D eigenvalue weighted by molar-refractivity contribution is -0.141. The van der Waals surface area contributed by atoms with Gasteiger partial charge < -0.3 is 44.6 Å². The number of aryl methyl sites for hydroxylation is 1. The maximum atomic E-state index is 17.0. The summed E-state index contributed by atoms with van der Waals surface area (Å²) in [7, 11) is 0. The number of aromatic nitrogens is 4. The molecule has 0 spiro atoms. The van der Waals surface area contributed by atoms with Crippen molar-refractivity contribution in [1.82, 2.24) is 40.5 Å². The van der Waals surface area contributed by atoms with Crippen molar-refractivity contribution in [3.63, 3.8) is 0 Å². The number of aliphatic hydroxyl groups excluding tert-OH is 1. The van der Waals surface area contributed by atoms with E-state index in [-0.39, 0.29) is 82.5 Å². The van der Waals surface area contributed by atoms with Gasteiger partial charge in [-0.25, -0.2) is 9.37 Å². The van der Waals surface area contributed by atoms with Crippen LogP contribution in [0.3, 0.4) is 0 Å². The number of piperidine rings is 1. The van der Waals surface area contributed by atoms with Gasteiger partial charge in [-0.2, -0.15) is 9.97 Å². The summed E-state index contributed by atoms with van der Waals surface area (Å²) in [6.07, 6.45) is 0.672. The molecular formula is C56H63ClFN9O7S. The molecular weight excluding hydrogens is 997 g/mol. The SMILES string of the molecule is Cc1ncsc1-c1ccc([C@H](C)NC(=O)[C@@H]2C[C@@H](O)CN2C(=O)[C@@H](c2cc(OCC3CCN(C[C@@H](C)Oc4nc(N5CCNCC5)c5cc(Cl)c(-c6cc(O)cc7ccccc67)c(F)c5n4)CC3)no2)C(C)C)cc1. The zero-order valence-corrected chi connectivity index (χ0v) is 44.3. The van der Waals surface area contributed by atoms with Gasteiger partial charge in [0.2, 0.25) is 11.8 Å². The number of benzene rings is 4. The van der Waals surface area contributed by atoms with Crippen molar-refractivity contribution < 1.29 is 38.2 Å². The first kappa shape index (κ1) is 52.0. The summed E-state index contributed by atoms with van der Waals surface area (Å²) in [4.78, 5) is 49.0. The van der Waals surface area contributed by atoms with Gasteiger partial charge in [0.05, 0.1) is 39.9 Å². The number of likely N-dealkylation sites (tertiary alicyclic amines) is 2. The summed E-state index contributed by atoms with van der Waals surface area (Å²) in [5.74, 6) is -0.807. The van der Waals surface area contributed by atoms with Crippen LogP contribution >= 0.6 is 22.9 Å². The van der Waals surface area contributed by atoms with E-state index in [9.17, 15) is 19.8 Å². The van der Waals surface area contributed by atoms with Gasteiger partial charge >= 0.3 is 6.01 Å². The Kier molecular flexibility index (Phi) is 15.5. The predicted molar refractivity (Wildman–Crippen MR) is 288 cm³/mol. The molecule has 0 unspecified atom stereocenters. The molecule has 3 fully saturated rings. The van der Waals surface area contributed by atoms with E-state index in [1.807, 2.05) is 88.7 Å². The van der Waals surface area contributed by atoms with Gasteiger partial charge in [0, 0.05) is 62.7 Å². The Morgan fingerprint density at radius 3 is 2.48 bits per heavy atom. The number of carbonyl (C=O) groups is 2. The van der Waals surface area contributed by atoms with E-state index in [0.29, 0.717) is 48.8 Å². The molecule has 0 bridgehead atoms. The highest BCUT2D eigenvalue weighted by Crippen LogP contribution is 2.43. The van der Waals surface area contributed by atoms with Gasteiger partial charge in [0.25, 0.3) is 5.88 Å². The highest BCUT2D eigenvalue weighted by Gasteiger charge is 2.44. The largest absolute Gasteiger partial charge is 0.508 e. The summed E-state index contributed by atoms with van der Waals surface area (Å²) in [6.45, 7) is 15.1. The van der Waals surface area contributed by atoms with Crippen LogP contribution in [0.2, 0.25) is 5.02 Å². The van der Waals surface area contributed by atoms with Gasteiger partial charge in [-0.05, 0) is 109 Å². The third kappa shape index (κ3) is 11.3. The molecule has 0 saturated carbocycles. The number of halogens is 2. The minimum atomic E-state index is -0.853. The molecule has 7 aromatic rings. The van der Waals surface area contributed by atoms with E-state index in [0.717, 1.165) is 71.5 Å². The molecule has 3 aromatic heterocycles. The molecule has 3 aliphatic heterocycles. The number of aliphatic hydroxyl groups is 1. The van der Waals surface area contributed by atoms with Gasteiger partial charge in [-0.3, -0.25) is 14.5 Å². The Balaban J connectivity index is 0.747. The van der Waals surface area contributed by atoms with Crippen LogP contribution < -0.4 is 25.0 Å². The number of nitrogens with zero attached hydrogens (tertiary/aromatic N) is 7. The fraction of sp³-hybridized carbons (Fsp3) is 0.429. The number of phenolic OH excluding ortho intramolecular Hbond substituents is 1. The Morgan fingerprint density at radius 2 is 1.75 bits per heavy atom. The Bertz CT molecular complexity index is 3180. The quantitative estimate of drug-likeness (QED) is 0.0717. The number of hydrogen-bond donors (Lipinski definition) is 4. The summed E-state index contributed by atoms with van der Waals surface area (Å²) in [5.41, 5.74) is 5.47. The third-order valence-corrected chi connectivity index (χ3v) is 16.0. The number of ether oxygens (including phenoxy) is 2. The van der Waals surface area contributed by atoms with Crippen molar-refractivity contribution >= 4 is 62.2 Å². The number of phenols is 1. The first-order valence-corrected chi connectivity index (χ1v) is 27.1. The molecule has 3 saturated heterocycles. The van der Waals surface area contributed by atoms with Crippen LogP contribution in [0.15, 0.2) is 82.8 Å². The van der Waals surface area contributed by atoms with Crippen LogP contribution in [0.1, 0.15) is 75.9 Å². The Labute approximate surface area is 444 Å². The highest BCUT2D eigenvalue weighted by atomic mass is 35.5. The maximum Gasteiger partial charge on any atom is 0.319 e. The van der Waals surface area contributed by atoms with E-state index in [2.05, 4.69) is 35.6 Å². The van der Waals surface area contributed by atoms with Crippen molar-refractivity contribution in [3.8, 4) is 39.2 Å². The summed E-state index contributed by atoms with van der Waals surface area (Å²) in [5, 5.41) is 34.2. The number of fused-ring (bicyclic) bond motifs is 2. The molecule has 5 atom stereocenters. The Hall–Kier alpha value is -6.44. The van der Waals surface area contributed by atoms with Gasteiger partial charge in [-0.1, -0.05) is 74.0 Å². The second-order valence-corrected chi connectivity index (χ2v) is 21.8. The summed E-state index contributed by atoms with van der Waals surface area (Å²) < 4.78 is 35.4. The molecule has 0 radical (unpaired) electrons. The highest BCUT2D eigenvalue weighted by molar-refractivity contribution is 7.13. The van der Waals surface area contributed by atoms with E-state index >= 15 is 4.39 Å². The first-order valence-electron chi connectivity index (χ1n) is 25.8. The minimum Gasteiger partial charge on any atom is -0.508 e. The average Bonchev–Trinajstić information content (AvgIpc) is 4.17. The summed E-state index contributed by atoms with van der Waals surface area (Å²) >= 11 is 8.50. The molecule has 4 N–H and O–H groups in total. The smallest absolute Gasteiger partial charge is 0.319 e. The summed E-state index contributed by atoms with van der Waals surface area (Å²) in [6, 6.07) is 20.9. The fourth-order valence-electron chi connectivity index (χ4n) is 10.8. The van der Waals surface area contributed by atoms with E-state index in [4.69, 9.17) is 30.6 Å². The number of amides is 2. The van der Waals surface area contributed by atoms with Gasteiger partial charge in [0.15, 0.2) is 11.6 Å². The Morgan fingerprint density at radius 1 is 0.987 bits per heavy atom. The normalized spacial score (nSPS) is 18.9. The number of rotatable bonds is 16. The second kappa shape index (κ2) is 22.4. The number of thiazole rings is 1. The molecule has 3 aliphatic rings. The number of piperazine rings is 1. The number of hydrogen-bond acceptors (Lipinski definition) is 15. The molecule has 16 nitrogen and oxygen atoms in total. The minimum absolute atomic E-state index is 0.00117. The van der Waals surface area contributed by atoms with Crippen molar-refractivity contribution in [2.75, 3.05) is 63.9 Å². The van der Waals surface area contributed by atoms with E-state index in [1.165, 1.54) is 11.0 Å². The molecule has 394 valence electrons. The average molecular weight is 1060 g/mol. The van der Waals surface area contributed by atoms with Gasteiger partial charge in [-0.15, -0.1) is 11.3 Å². The zero-order chi connectivity index (χ0) is 52.5.